The maximum Gasteiger partial charge on any atom is 0.301 e. The van der Waals surface area contributed by atoms with E-state index in [-0.39, 0.29) is 17.4 Å². The minimum atomic E-state index is -0.908. The van der Waals surface area contributed by atoms with Gasteiger partial charge in [0.15, 0.2) is 5.13 Å². The standard InChI is InChI=1S/C28H21ClN2O5S/c1-14-10-17-11-16(6-9-21(17)36-14)25(32)23-24(15-4-3-5-19(12-15)35-2)31(27(34)26(23)33)28-30-20-8-7-18(29)13-22(20)37-28/h3-9,11-14,24,32H,10H2,1-2H3/b25-23+/t14-,24+/m1/s1. The summed E-state index contributed by atoms with van der Waals surface area (Å²) in [6.07, 6.45) is 0.723. The maximum absolute atomic E-state index is 13.5. The SMILES string of the molecule is COc1cccc([C@H]2/C(=C(\O)c3ccc4c(c3)C[C@@H](C)O4)C(=O)C(=O)N2c2nc3ccc(Cl)cc3s2)c1. The maximum atomic E-state index is 13.5. The van der Waals surface area contributed by atoms with Crippen molar-refractivity contribution in [2.45, 2.75) is 25.5 Å². The highest BCUT2D eigenvalue weighted by atomic mass is 35.5. The van der Waals surface area contributed by atoms with Crippen LogP contribution in [-0.2, 0) is 16.0 Å². The van der Waals surface area contributed by atoms with E-state index in [1.807, 2.05) is 13.0 Å². The Morgan fingerprint density at radius 2 is 2.00 bits per heavy atom. The number of hydrogen-bond acceptors (Lipinski definition) is 7. The molecule has 1 N–H and O–H groups in total. The zero-order valence-electron chi connectivity index (χ0n) is 19.9. The summed E-state index contributed by atoms with van der Waals surface area (Å²) in [5, 5.41) is 12.4. The van der Waals surface area contributed by atoms with Gasteiger partial charge in [-0.3, -0.25) is 14.5 Å². The molecule has 0 aliphatic carbocycles. The average molecular weight is 533 g/mol. The molecule has 0 radical (unpaired) electrons. The molecule has 1 amide bonds. The lowest BCUT2D eigenvalue weighted by Crippen LogP contribution is -2.29. The first-order chi connectivity index (χ1) is 17.8. The van der Waals surface area contributed by atoms with Crippen LogP contribution in [0.5, 0.6) is 11.5 Å². The number of thiazole rings is 1. The van der Waals surface area contributed by atoms with Crippen LogP contribution in [0.25, 0.3) is 16.0 Å². The minimum Gasteiger partial charge on any atom is -0.507 e. The third kappa shape index (κ3) is 3.93. The van der Waals surface area contributed by atoms with Crippen molar-refractivity contribution in [1.29, 1.82) is 0 Å². The van der Waals surface area contributed by atoms with Gasteiger partial charge in [-0.25, -0.2) is 4.98 Å². The molecule has 2 atom stereocenters. The van der Waals surface area contributed by atoms with Gasteiger partial charge in [-0.15, -0.1) is 0 Å². The normalized spacial score (nSPS) is 20.4. The van der Waals surface area contributed by atoms with Crippen molar-refractivity contribution in [1.82, 2.24) is 4.98 Å². The number of amides is 1. The number of halogens is 1. The second kappa shape index (κ2) is 8.90. The van der Waals surface area contributed by atoms with Gasteiger partial charge in [-0.05, 0) is 66.6 Å². The molecule has 7 nitrogen and oxygen atoms in total. The van der Waals surface area contributed by atoms with E-state index >= 15 is 0 Å². The fourth-order valence-electron chi connectivity index (χ4n) is 4.87. The van der Waals surface area contributed by atoms with Crippen molar-refractivity contribution in [3.8, 4) is 11.5 Å². The Kier molecular flexibility index (Phi) is 5.66. The van der Waals surface area contributed by atoms with Crippen molar-refractivity contribution < 1.29 is 24.2 Å². The van der Waals surface area contributed by atoms with E-state index < -0.39 is 17.7 Å². The molecule has 2 aliphatic heterocycles. The number of aliphatic hydroxyl groups excluding tert-OH is 1. The van der Waals surface area contributed by atoms with Crippen LogP contribution in [0.2, 0.25) is 5.02 Å². The number of hydrogen-bond donors (Lipinski definition) is 1. The molecule has 0 spiro atoms. The van der Waals surface area contributed by atoms with E-state index in [9.17, 15) is 14.7 Å². The first-order valence-electron chi connectivity index (χ1n) is 11.6. The quantitative estimate of drug-likeness (QED) is 0.200. The van der Waals surface area contributed by atoms with Crippen molar-refractivity contribution in [2.75, 3.05) is 12.0 Å². The summed E-state index contributed by atoms with van der Waals surface area (Å²) in [6, 6.07) is 16.7. The molecular formula is C28H21ClN2O5S. The predicted molar refractivity (Wildman–Crippen MR) is 143 cm³/mol. The number of ketones is 1. The molecule has 0 unspecified atom stereocenters. The number of anilines is 1. The lowest BCUT2D eigenvalue weighted by molar-refractivity contribution is -0.132. The second-order valence-electron chi connectivity index (χ2n) is 9.01. The van der Waals surface area contributed by atoms with Crippen molar-refractivity contribution >= 4 is 55.7 Å². The number of nitrogens with zero attached hydrogens (tertiary/aromatic N) is 2. The molecule has 1 saturated heterocycles. The van der Waals surface area contributed by atoms with Gasteiger partial charge in [0.05, 0.1) is 28.9 Å². The van der Waals surface area contributed by atoms with Gasteiger partial charge in [0.25, 0.3) is 5.78 Å². The lowest BCUT2D eigenvalue weighted by atomic mass is 9.94. The monoisotopic (exact) mass is 532 g/mol. The summed E-state index contributed by atoms with van der Waals surface area (Å²) in [7, 11) is 1.54. The van der Waals surface area contributed by atoms with Crippen LogP contribution in [-0.4, -0.2) is 35.0 Å². The van der Waals surface area contributed by atoms with E-state index in [1.165, 1.54) is 16.2 Å². The Morgan fingerprint density at radius 1 is 1.16 bits per heavy atom. The summed E-state index contributed by atoms with van der Waals surface area (Å²) in [6.45, 7) is 1.97. The average Bonchev–Trinajstić information content (AvgIpc) is 3.55. The highest BCUT2D eigenvalue weighted by molar-refractivity contribution is 7.22. The number of methoxy groups -OCH3 is 1. The molecular weight excluding hydrogens is 512 g/mol. The highest BCUT2D eigenvalue weighted by Crippen LogP contribution is 2.45. The first kappa shape index (κ1) is 23.5. The molecule has 1 fully saturated rings. The molecule has 9 heteroatoms. The fraction of sp³-hybridized carbons (Fsp3) is 0.179. The molecule has 4 aromatic rings. The zero-order valence-corrected chi connectivity index (χ0v) is 21.5. The number of Topliss-reactive ketones (excluding diaryl/α,β-unsaturated/α-hetero) is 1. The Hall–Kier alpha value is -3.88. The third-order valence-corrected chi connectivity index (χ3v) is 7.82. The van der Waals surface area contributed by atoms with Crippen molar-refractivity contribution in [2.24, 2.45) is 0 Å². The number of benzene rings is 3. The highest BCUT2D eigenvalue weighted by Gasteiger charge is 2.48. The van der Waals surface area contributed by atoms with E-state index in [0.29, 0.717) is 39.0 Å². The summed E-state index contributed by atoms with van der Waals surface area (Å²) in [5.74, 6) is -0.490. The molecule has 2 aliphatic rings. The summed E-state index contributed by atoms with van der Waals surface area (Å²) in [4.78, 5) is 32.9. The van der Waals surface area contributed by atoms with Crippen LogP contribution >= 0.6 is 22.9 Å². The number of carbonyl (C=O) groups is 2. The summed E-state index contributed by atoms with van der Waals surface area (Å²) < 4.78 is 12.0. The van der Waals surface area contributed by atoms with Gasteiger partial charge in [-0.2, -0.15) is 0 Å². The first-order valence-corrected chi connectivity index (χ1v) is 12.8. The summed E-state index contributed by atoms with van der Waals surface area (Å²) in [5.41, 5.74) is 2.63. The Labute approximate surface area is 221 Å². The van der Waals surface area contributed by atoms with Gasteiger partial charge >= 0.3 is 5.91 Å². The van der Waals surface area contributed by atoms with E-state index in [1.54, 1.807) is 61.7 Å². The number of rotatable bonds is 4. The predicted octanol–water partition coefficient (Wildman–Crippen LogP) is 5.91. The van der Waals surface area contributed by atoms with Crippen molar-refractivity contribution in [3.63, 3.8) is 0 Å². The number of fused-ring (bicyclic) bond motifs is 2. The zero-order chi connectivity index (χ0) is 25.8. The van der Waals surface area contributed by atoms with Gasteiger partial charge < -0.3 is 14.6 Å². The molecule has 6 rings (SSSR count). The third-order valence-electron chi connectivity index (χ3n) is 6.57. The Morgan fingerprint density at radius 3 is 2.81 bits per heavy atom. The fourth-order valence-corrected chi connectivity index (χ4v) is 6.14. The van der Waals surface area contributed by atoms with Crippen LogP contribution in [0, 0.1) is 0 Å². The van der Waals surface area contributed by atoms with Crippen LogP contribution in [0.1, 0.15) is 29.7 Å². The molecule has 1 aromatic heterocycles. The van der Waals surface area contributed by atoms with Gasteiger partial charge in [0.2, 0.25) is 0 Å². The molecule has 37 heavy (non-hydrogen) atoms. The van der Waals surface area contributed by atoms with Crippen LogP contribution in [0.15, 0.2) is 66.2 Å². The van der Waals surface area contributed by atoms with E-state index in [4.69, 9.17) is 21.1 Å². The number of aliphatic hydroxyl groups is 1. The Balaban J connectivity index is 1.54. The smallest absolute Gasteiger partial charge is 0.301 e. The lowest BCUT2D eigenvalue weighted by Gasteiger charge is -2.23. The van der Waals surface area contributed by atoms with Gasteiger partial charge in [0.1, 0.15) is 23.4 Å². The topological polar surface area (TPSA) is 89.0 Å². The van der Waals surface area contributed by atoms with Gasteiger partial charge in [0, 0.05) is 17.0 Å². The molecule has 3 heterocycles. The largest absolute Gasteiger partial charge is 0.507 e. The van der Waals surface area contributed by atoms with E-state index in [0.717, 1.165) is 16.0 Å². The number of aromatic nitrogens is 1. The van der Waals surface area contributed by atoms with Crippen LogP contribution in [0.4, 0.5) is 5.13 Å². The minimum absolute atomic E-state index is 0.0116. The molecule has 0 saturated carbocycles. The van der Waals surface area contributed by atoms with E-state index in [2.05, 4.69) is 4.98 Å². The summed E-state index contributed by atoms with van der Waals surface area (Å²) >= 11 is 7.41. The van der Waals surface area contributed by atoms with Gasteiger partial charge in [-0.1, -0.05) is 35.1 Å². The van der Waals surface area contributed by atoms with Crippen molar-refractivity contribution in [3.05, 3.63) is 87.9 Å². The number of carbonyl (C=O) groups excluding carboxylic acids is 2. The number of ether oxygens (including phenoxy) is 2. The second-order valence-corrected chi connectivity index (χ2v) is 10.5. The molecule has 0 bridgehead atoms. The van der Waals surface area contributed by atoms with Crippen LogP contribution < -0.4 is 14.4 Å². The molecule has 186 valence electrons. The molecule has 3 aromatic carbocycles. The Bertz CT molecular complexity index is 1630. The van der Waals surface area contributed by atoms with Crippen LogP contribution in [0.3, 0.4) is 0 Å².